The van der Waals surface area contributed by atoms with Crippen molar-refractivity contribution in [3.63, 3.8) is 0 Å². The van der Waals surface area contributed by atoms with Gasteiger partial charge in [0.1, 0.15) is 5.75 Å². The van der Waals surface area contributed by atoms with E-state index in [0.29, 0.717) is 12.0 Å². The van der Waals surface area contributed by atoms with Gasteiger partial charge >= 0.3 is 0 Å². The SMILES string of the molecule is COc1ccc2c(c1)CC[C@@H]1[C@@H]2CC[C@]2(C)[C@@H](CCCCCCN3C(=O)C=CC3=O)CC[C@@H]12. The van der Waals surface area contributed by atoms with E-state index in [9.17, 15) is 9.59 Å². The molecule has 2 saturated carbocycles. The maximum absolute atomic E-state index is 11.7. The second-order valence-corrected chi connectivity index (χ2v) is 11.2. The van der Waals surface area contributed by atoms with Crippen molar-refractivity contribution < 1.29 is 14.3 Å². The molecule has 0 bridgehead atoms. The number of carbonyl (C=O) groups is 2. The molecule has 1 aromatic carbocycles. The van der Waals surface area contributed by atoms with Crippen molar-refractivity contribution in [1.29, 1.82) is 0 Å². The molecule has 0 aromatic heterocycles. The maximum Gasteiger partial charge on any atom is 0.253 e. The number of imide groups is 1. The molecule has 2 amide bonds. The third kappa shape index (κ3) is 4.15. The minimum atomic E-state index is -0.148. The van der Waals surface area contributed by atoms with E-state index in [-0.39, 0.29) is 11.8 Å². The molecule has 4 nitrogen and oxygen atoms in total. The zero-order chi connectivity index (χ0) is 23.0. The predicted molar refractivity (Wildman–Crippen MR) is 130 cm³/mol. The zero-order valence-electron chi connectivity index (χ0n) is 20.4. The molecule has 3 aliphatic carbocycles. The van der Waals surface area contributed by atoms with Crippen LogP contribution in [0.5, 0.6) is 5.75 Å². The standard InChI is InChI=1S/C29H39NO3/c1-29-17-16-24-23-12-10-22(33-2)19-20(23)8-11-25(24)26(29)13-9-21(29)7-5-3-4-6-18-30-27(31)14-15-28(30)32/h10,12,14-15,19,21,24-26H,3-9,11,13,16-18H2,1-2H3/t21-,24+,25+,26-,29+/m0/s1. The second-order valence-electron chi connectivity index (χ2n) is 11.2. The number of methoxy groups -OCH3 is 1. The molecule has 0 unspecified atom stereocenters. The van der Waals surface area contributed by atoms with Crippen molar-refractivity contribution in [2.24, 2.45) is 23.2 Å². The number of benzene rings is 1. The first-order chi connectivity index (χ1) is 16.0. The highest BCUT2D eigenvalue weighted by Gasteiger charge is 2.54. The van der Waals surface area contributed by atoms with Gasteiger partial charge in [0.15, 0.2) is 0 Å². The first kappa shape index (κ1) is 22.7. The third-order valence-electron chi connectivity index (χ3n) is 9.71. The van der Waals surface area contributed by atoms with Crippen LogP contribution in [-0.4, -0.2) is 30.4 Å². The summed E-state index contributed by atoms with van der Waals surface area (Å²) in [5.74, 6) is 4.07. The lowest BCUT2D eigenvalue weighted by molar-refractivity contribution is -0.136. The fourth-order valence-corrected chi connectivity index (χ4v) is 7.93. The Kier molecular flexibility index (Phi) is 6.37. The number of hydrogen-bond donors (Lipinski definition) is 0. The Morgan fingerprint density at radius 3 is 2.58 bits per heavy atom. The molecule has 1 heterocycles. The van der Waals surface area contributed by atoms with Gasteiger partial charge in [-0.1, -0.05) is 32.3 Å². The zero-order valence-corrected chi connectivity index (χ0v) is 20.4. The molecule has 1 aromatic rings. The summed E-state index contributed by atoms with van der Waals surface area (Å²) < 4.78 is 5.48. The van der Waals surface area contributed by atoms with E-state index in [1.807, 2.05) is 0 Å². The Hall–Kier alpha value is -2.10. The number of nitrogens with zero attached hydrogens (tertiary/aromatic N) is 1. The summed E-state index contributed by atoms with van der Waals surface area (Å²) >= 11 is 0. The highest BCUT2D eigenvalue weighted by molar-refractivity contribution is 6.12. The Morgan fingerprint density at radius 2 is 1.79 bits per heavy atom. The van der Waals surface area contributed by atoms with Crippen LogP contribution < -0.4 is 4.74 Å². The summed E-state index contributed by atoms with van der Waals surface area (Å²) in [4.78, 5) is 24.7. The van der Waals surface area contributed by atoms with E-state index in [1.54, 1.807) is 12.7 Å². The summed E-state index contributed by atoms with van der Waals surface area (Å²) in [6, 6.07) is 6.81. The Labute approximate surface area is 198 Å². The number of fused-ring (bicyclic) bond motifs is 5. The van der Waals surface area contributed by atoms with Gasteiger partial charge in [-0.25, -0.2) is 0 Å². The molecule has 0 spiro atoms. The fraction of sp³-hybridized carbons (Fsp3) is 0.655. The smallest absolute Gasteiger partial charge is 0.253 e. The molecule has 1 aliphatic heterocycles. The van der Waals surface area contributed by atoms with Crippen LogP contribution in [0.15, 0.2) is 30.4 Å². The quantitative estimate of drug-likeness (QED) is 0.359. The monoisotopic (exact) mass is 449 g/mol. The van der Waals surface area contributed by atoms with Crippen LogP contribution in [-0.2, 0) is 16.0 Å². The van der Waals surface area contributed by atoms with E-state index in [2.05, 4.69) is 25.1 Å². The fourth-order valence-electron chi connectivity index (χ4n) is 7.93. The number of aryl methyl sites for hydroxylation is 1. The first-order valence-electron chi connectivity index (χ1n) is 13.2. The average molecular weight is 450 g/mol. The largest absolute Gasteiger partial charge is 0.497 e. The molecule has 0 radical (unpaired) electrons. The molecule has 5 atom stereocenters. The van der Waals surface area contributed by atoms with Crippen LogP contribution in [0.4, 0.5) is 0 Å². The van der Waals surface area contributed by atoms with Gasteiger partial charge in [0.05, 0.1) is 7.11 Å². The lowest BCUT2D eigenvalue weighted by Crippen LogP contribution is -2.42. The van der Waals surface area contributed by atoms with Crippen molar-refractivity contribution in [3.05, 3.63) is 41.5 Å². The summed E-state index contributed by atoms with van der Waals surface area (Å²) in [5, 5.41) is 0. The minimum absolute atomic E-state index is 0.148. The van der Waals surface area contributed by atoms with Gasteiger partial charge in [0.25, 0.3) is 11.8 Å². The molecule has 4 heteroatoms. The van der Waals surface area contributed by atoms with E-state index in [0.717, 1.165) is 42.3 Å². The molecule has 2 fully saturated rings. The number of carbonyl (C=O) groups excluding carboxylic acids is 2. The van der Waals surface area contributed by atoms with E-state index < -0.39 is 0 Å². The van der Waals surface area contributed by atoms with Crippen molar-refractivity contribution in [3.8, 4) is 5.75 Å². The predicted octanol–water partition coefficient (Wildman–Crippen LogP) is 6.04. The molecule has 0 saturated heterocycles. The van der Waals surface area contributed by atoms with Crippen molar-refractivity contribution >= 4 is 11.8 Å². The van der Waals surface area contributed by atoms with E-state index >= 15 is 0 Å². The van der Waals surface area contributed by atoms with Crippen molar-refractivity contribution in [1.82, 2.24) is 4.90 Å². The number of amides is 2. The highest BCUT2D eigenvalue weighted by atomic mass is 16.5. The molecular formula is C29H39NO3. The highest BCUT2D eigenvalue weighted by Crippen LogP contribution is 2.63. The minimum Gasteiger partial charge on any atom is -0.497 e. The number of rotatable bonds is 8. The number of ether oxygens (including phenoxy) is 1. The molecule has 5 rings (SSSR count). The van der Waals surface area contributed by atoms with Crippen LogP contribution in [0.25, 0.3) is 0 Å². The van der Waals surface area contributed by atoms with Gasteiger partial charge in [-0.15, -0.1) is 0 Å². The van der Waals surface area contributed by atoms with E-state index in [4.69, 9.17) is 4.74 Å². The number of hydrogen-bond acceptors (Lipinski definition) is 3. The van der Waals surface area contributed by atoms with Gasteiger partial charge in [-0.05, 0) is 104 Å². The topological polar surface area (TPSA) is 46.6 Å². The molecule has 0 N–H and O–H groups in total. The third-order valence-corrected chi connectivity index (χ3v) is 9.71. The Morgan fingerprint density at radius 1 is 1.00 bits per heavy atom. The van der Waals surface area contributed by atoms with Gasteiger partial charge in [-0.3, -0.25) is 14.5 Å². The molecule has 33 heavy (non-hydrogen) atoms. The Balaban J connectivity index is 1.12. The summed E-state index contributed by atoms with van der Waals surface area (Å²) in [5.41, 5.74) is 3.66. The van der Waals surface area contributed by atoms with Gasteiger partial charge < -0.3 is 4.74 Å². The molecule has 178 valence electrons. The van der Waals surface area contributed by atoms with Crippen LogP contribution in [0.1, 0.15) is 88.2 Å². The lowest BCUT2D eigenvalue weighted by Gasteiger charge is -2.51. The number of unbranched alkanes of at least 4 members (excludes halogenated alkanes) is 3. The molecule has 4 aliphatic rings. The maximum atomic E-state index is 11.7. The van der Waals surface area contributed by atoms with Crippen LogP contribution in [0.2, 0.25) is 0 Å². The van der Waals surface area contributed by atoms with Crippen molar-refractivity contribution in [2.45, 2.75) is 83.5 Å². The van der Waals surface area contributed by atoms with Gasteiger partial charge in [-0.2, -0.15) is 0 Å². The Bertz CT molecular complexity index is 919. The average Bonchev–Trinajstić information content (AvgIpc) is 3.33. The molecular weight excluding hydrogens is 410 g/mol. The van der Waals surface area contributed by atoms with E-state index in [1.165, 1.54) is 80.4 Å². The van der Waals surface area contributed by atoms with Crippen LogP contribution in [0, 0.1) is 23.2 Å². The van der Waals surface area contributed by atoms with Gasteiger partial charge in [0.2, 0.25) is 0 Å². The lowest BCUT2D eigenvalue weighted by atomic mass is 9.54. The van der Waals surface area contributed by atoms with Crippen LogP contribution in [0.3, 0.4) is 0 Å². The second kappa shape index (κ2) is 9.27. The van der Waals surface area contributed by atoms with Crippen LogP contribution >= 0.6 is 0 Å². The summed E-state index contributed by atoms with van der Waals surface area (Å²) in [6.07, 6.45) is 16.7. The summed E-state index contributed by atoms with van der Waals surface area (Å²) in [6.45, 7) is 3.19. The van der Waals surface area contributed by atoms with Gasteiger partial charge in [0, 0.05) is 18.7 Å². The normalized spacial score (nSPS) is 32.6. The van der Waals surface area contributed by atoms with Crippen molar-refractivity contribution in [2.75, 3.05) is 13.7 Å². The first-order valence-corrected chi connectivity index (χ1v) is 13.2. The summed E-state index contributed by atoms with van der Waals surface area (Å²) in [7, 11) is 1.77.